The highest BCUT2D eigenvalue weighted by Crippen LogP contribution is 2.37. The zero-order valence-electron chi connectivity index (χ0n) is 15.1. The maximum Gasteiger partial charge on any atom is 0.264 e. The molecule has 3 saturated heterocycles. The predicted molar refractivity (Wildman–Crippen MR) is 106 cm³/mol. The number of thiophene rings is 1. The Hall–Kier alpha value is -1.11. The molecule has 0 radical (unpaired) electrons. The van der Waals surface area contributed by atoms with Crippen molar-refractivity contribution in [3.63, 3.8) is 0 Å². The Morgan fingerprint density at radius 2 is 1.96 bits per heavy atom. The first kappa shape index (κ1) is 19.6. The molecule has 1 aromatic heterocycles. The number of hydrogen-bond acceptors (Lipinski definition) is 4. The molecule has 3 fully saturated rings. The summed E-state index contributed by atoms with van der Waals surface area (Å²) in [6.45, 7) is 4.60. The van der Waals surface area contributed by atoms with Crippen LogP contribution in [-0.4, -0.2) is 60.4 Å². The summed E-state index contributed by atoms with van der Waals surface area (Å²) in [7, 11) is 0. The van der Waals surface area contributed by atoms with Crippen LogP contribution in [0.3, 0.4) is 0 Å². The Balaban J connectivity index is 0.00000196. The van der Waals surface area contributed by atoms with Crippen molar-refractivity contribution in [3.05, 3.63) is 22.4 Å². The summed E-state index contributed by atoms with van der Waals surface area (Å²) in [6, 6.07) is 3.50. The molecule has 1 unspecified atom stereocenters. The number of piperidine rings is 2. The fourth-order valence-electron chi connectivity index (χ4n) is 4.61. The van der Waals surface area contributed by atoms with Crippen LogP contribution < -0.4 is 5.32 Å². The lowest BCUT2D eigenvalue weighted by molar-refractivity contribution is -0.139. The number of likely N-dealkylation sites (tertiary alicyclic amines) is 2. The van der Waals surface area contributed by atoms with Crippen LogP contribution in [0.15, 0.2) is 17.5 Å². The number of amides is 2. The van der Waals surface area contributed by atoms with Gasteiger partial charge in [-0.15, -0.1) is 23.7 Å². The van der Waals surface area contributed by atoms with Crippen LogP contribution in [0.5, 0.6) is 0 Å². The molecule has 0 aromatic carbocycles. The summed E-state index contributed by atoms with van der Waals surface area (Å²) in [6.07, 6.45) is 6.26. The Labute approximate surface area is 165 Å². The predicted octanol–water partition coefficient (Wildman–Crippen LogP) is 2.77. The van der Waals surface area contributed by atoms with E-state index in [1.807, 2.05) is 27.3 Å². The minimum atomic E-state index is -0.265. The van der Waals surface area contributed by atoms with Crippen LogP contribution in [0.25, 0.3) is 0 Å². The molecule has 1 N–H and O–H groups in total. The van der Waals surface area contributed by atoms with Crippen molar-refractivity contribution < 1.29 is 9.59 Å². The van der Waals surface area contributed by atoms with Crippen molar-refractivity contribution in [2.24, 2.45) is 5.41 Å². The molecule has 4 rings (SSSR count). The Morgan fingerprint density at radius 3 is 2.62 bits per heavy atom. The number of carbonyl (C=O) groups is 2. The number of nitrogens with one attached hydrogen (secondary N) is 1. The lowest BCUT2D eigenvalue weighted by atomic mass is 9.77. The van der Waals surface area contributed by atoms with Crippen LogP contribution >= 0.6 is 23.7 Å². The molecule has 0 aliphatic carbocycles. The van der Waals surface area contributed by atoms with Gasteiger partial charge in [0.15, 0.2) is 0 Å². The van der Waals surface area contributed by atoms with Crippen molar-refractivity contribution in [2.45, 2.75) is 44.6 Å². The second-order valence-electron chi connectivity index (χ2n) is 7.74. The van der Waals surface area contributed by atoms with E-state index in [4.69, 9.17) is 0 Å². The fraction of sp³-hybridized carbons (Fsp3) is 0.684. The van der Waals surface area contributed by atoms with Crippen LogP contribution in [0, 0.1) is 5.41 Å². The quantitative estimate of drug-likeness (QED) is 0.834. The zero-order valence-corrected chi connectivity index (χ0v) is 16.7. The Morgan fingerprint density at radius 1 is 1.15 bits per heavy atom. The van der Waals surface area contributed by atoms with Crippen LogP contribution in [0.2, 0.25) is 0 Å². The van der Waals surface area contributed by atoms with Gasteiger partial charge >= 0.3 is 0 Å². The van der Waals surface area contributed by atoms with Crippen LogP contribution in [0.4, 0.5) is 0 Å². The highest BCUT2D eigenvalue weighted by Gasteiger charge is 2.41. The van der Waals surface area contributed by atoms with Gasteiger partial charge in [0.1, 0.15) is 6.04 Å². The van der Waals surface area contributed by atoms with Gasteiger partial charge in [-0.1, -0.05) is 6.07 Å². The van der Waals surface area contributed by atoms with Crippen LogP contribution in [-0.2, 0) is 4.79 Å². The normalized spacial score (nSPS) is 25.2. The van der Waals surface area contributed by atoms with Crippen molar-refractivity contribution in [1.29, 1.82) is 0 Å². The molecule has 26 heavy (non-hydrogen) atoms. The SMILES string of the molecule is Cl.O=C(C1CCCCN1C(=O)c1cccs1)N1CCC2(CCNC2)CC1. The van der Waals surface area contributed by atoms with E-state index >= 15 is 0 Å². The van der Waals surface area contributed by atoms with Gasteiger partial charge in [-0.05, 0) is 61.9 Å². The molecular formula is C19H28ClN3O2S. The molecule has 0 bridgehead atoms. The number of carbonyl (C=O) groups excluding carboxylic acids is 2. The third kappa shape index (κ3) is 3.78. The summed E-state index contributed by atoms with van der Waals surface area (Å²) < 4.78 is 0. The van der Waals surface area contributed by atoms with E-state index in [9.17, 15) is 9.59 Å². The lowest BCUT2D eigenvalue weighted by Gasteiger charge is -2.42. The van der Waals surface area contributed by atoms with E-state index in [1.165, 1.54) is 17.8 Å². The minimum absolute atomic E-state index is 0. The molecule has 5 nitrogen and oxygen atoms in total. The molecule has 144 valence electrons. The third-order valence-corrected chi connectivity index (χ3v) is 7.11. The van der Waals surface area contributed by atoms with Crippen molar-refractivity contribution >= 4 is 35.6 Å². The summed E-state index contributed by atoms with van der Waals surface area (Å²) in [5, 5.41) is 5.40. The van der Waals surface area contributed by atoms with E-state index in [0.29, 0.717) is 12.0 Å². The van der Waals surface area contributed by atoms with Gasteiger partial charge in [0.25, 0.3) is 5.91 Å². The molecule has 1 spiro atoms. The maximum atomic E-state index is 13.2. The van der Waals surface area contributed by atoms with Gasteiger partial charge in [-0.25, -0.2) is 0 Å². The highest BCUT2D eigenvalue weighted by atomic mass is 35.5. The maximum absolute atomic E-state index is 13.2. The number of rotatable bonds is 2. The van der Waals surface area contributed by atoms with E-state index in [2.05, 4.69) is 5.32 Å². The first-order chi connectivity index (χ1) is 12.2. The van der Waals surface area contributed by atoms with Gasteiger partial charge < -0.3 is 15.1 Å². The second kappa shape index (κ2) is 8.28. The standard InChI is InChI=1S/C19H27N3O2S.ClH/c23-17(21-11-7-19(8-12-21)6-9-20-14-19)15-4-1-2-10-22(15)18(24)16-5-3-13-25-16;/h3,5,13,15,20H,1-2,4,6-12,14H2;1H. The first-order valence-electron chi connectivity index (χ1n) is 9.53. The van der Waals surface area contributed by atoms with Gasteiger partial charge in [0, 0.05) is 26.2 Å². The molecule has 1 aromatic rings. The average Bonchev–Trinajstić information content (AvgIpc) is 3.34. The molecule has 1 atom stereocenters. The topological polar surface area (TPSA) is 52.7 Å². The van der Waals surface area contributed by atoms with Gasteiger partial charge in [-0.3, -0.25) is 9.59 Å². The number of hydrogen-bond donors (Lipinski definition) is 1. The third-order valence-electron chi connectivity index (χ3n) is 6.25. The minimum Gasteiger partial charge on any atom is -0.341 e. The number of halogens is 1. The summed E-state index contributed by atoms with van der Waals surface area (Å²) >= 11 is 1.46. The van der Waals surface area contributed by atoms with Crippen molar-refractivity contribution in [3.8, 4) is 0 Å². The zero-order chi connectivity index (χ0) is 17.3. The van der Waals surface area contributed by atoms with Gasteiger partial charge in [0.2, 0.25) is 5.91 Å². The Bertz CT molecular complexity index is 621. The monoisotopic (exact) mass is 397 g/mol. The summed E-state index contributed by atoms with van der Waals surface area (Å²) in [5.74, 6) is 0.201. The van der Waals surface area contributed by atoms with Gasteiger partial charge in [-0.2, -0.15) is 0 Å². The molecule has 3 aliphatic heterocycles. The molecule has 4 heterocycles. The Kier molecular flexibility index (Phi) is 6.25. The smallest absolute Gasteiger partial charge is 0.264 e. The molecule has 3 aliphatic rings. The lowest BCUT2D eigenvalue weighted by Crippen LogP contribution is -2.55. The molecule has 2 amide bonds. The summed E-state index contributed by atoms with van der Waals surface area (Å²) in [4.78, 5) is 30.6. The average molecular weight is 398 g/mol. The second-order valence-corrected chi connectivity index (χ2v) is 8.69. The highest BCUT2D eigenvalue weighted by molar-refractivity contribution is 7.12. The van der Waals surface area contributed by atoms with E-state index in [-0.39, 0.29) is 30.3 Å². The molecule has 0 saturated carbocycles. The van der Waals surface area contributed by atoms with E-state index in [1.54, 1.807) is 0 Å². The fourth-order valence-corrected chi connectivity index (χ4v) is 5.29. The van der Waals surface area contributed by atoms with Gasteiger partial charge in [0.05, 0.1) is 4.88 Å². The molecular weight excluding hydrogens is 370 g/mol. The summed E-state index contributed by atoms with van der Waals surface area (Å²) in [5.41, 5.74) is 0.413. The number of nitrogens with zero attached hydrogens (tertiary/aromatic N) is 2. The van der Waals surface area contributed by atoms with Crippen molar-refractivity contribution in [1.82, 2.24) is 15.1 Å². The first-order valence-corrected chi connectivity index (χ1v) is 10.4. The largest absolute Gasteiger partial charge is 0.341 e. The van der Waals surface area contributed by atoms with E-state index < -0.39 is 0 Å². The van der Waals surface area contributed by atoms with Crippen molar-refractivity contribution in [2.75, 3.05) is 32.7 Å². The van der Waals surface area contributed by atoms with E-state index in [0.717, 1.165) is 63.2 Å². The van der Waals surface area contributed by atoms with Crippen LogP contribution in [0.1, 0.15) is 48.2 Å². The molecule has 7 heteroatoms.